The standard InChI is InChI=1S/C6H2F9I/c7-3(1-2-16,5(10,11)12)4(8,9)6(13,14)15/h1-2H. The molecule has 0 saturated carbocycles. The van der Waals surface area contributed by atoms with Crippen molar-refractivity contribution in [2.75, 3.05) is 0 Å². The van der Waals surface area contributed by atoms with E-state index in [1.165, 1.54) is 0 Å². The molecule has 1 atom stereocenters. The van der Waals surface area contributed by atoms with Gasteiger partial charge in [0.05, 0.1) is 0 Å². The van der Waals surface area contributed by atoms with E-state index >= 15 is 0 Å². The third-order valence-corrected chi connectivity index (χ3v) is 1.88. The first-order valence-electron chi connectivity index (χ1n) is 3.29. The minimum atomic E-state index is -6.65. The second kappa shape index (κ2) is 4.26. The summed E-state index contributed by atoms with van der Waals surface area (Å²) in [6.07, 6.45) is -13.9. The molecule has 0 nitrogen and oxygen atoms in total. The van der Waals surface area contributed by atoms with E-state index in [0.717, 1.165) is 22.6 Å². The molecular formula is C6H2F9I. The van der Waals surface area contributed by atoms with Crippen LogP contribution >= 0.6 is 22.6 Å². The van der Waals surface area contributed by atoms with Gasteiger partial charge in [0.1, 0.15) is 0 Å². The van der Waals surface area contributed by atoms with Gasteiger partial charge < -0.3 is 0 Å². The van der Waals surface area contributed by atoms with Gasteiger partial charge in [0, 0.05) is 0 Å². The molecule has 0 aliphatic heterocycles. The van der Waals surface area contributed by atoms with Crippen molar-refractivity contribution < 1.29 is 39.5 Å². The molecule has 0 aliphatic carbocycles. The van der Waals surface area contributed by atoms with Crippen LogP contribution < -0.4 is 0 Å². The predicted octanol–water partition coefficient (Wildman–Crippen LogP) is 4.40. The van der Waals surface area contributed by atoms with Crippen LogP contribution in [-0.4, -0.2) is 23.9 Å². The molecule has 0 saturated heterocycles. The molecule has 0 aromatic heterocycles. The summed E-state index contributed by atoms with van der Waals surface area (Å²) in [7, 11) is 0. The predicted molar refractivity (Wildman–Crippen MR) is 44.1 cm³/mol. The third-order valence-electron chi connectivity index (χ3n) is 1.52. The fraction of sp³-hybridized carbons (Fsp3) is 0.667. The first kappa shape index (κ1) is 15.8. The van der Waals surface area contributed by atoms with Crippen LogP contribution in [0, 0.1) is 0 Å². The average Bonchev–Trinajstić information content (AvgIpc) is 1.99. The van der Waals surface area contributed by atoms with Gasteiger partial charge in [-0.25, -0.2) is 4.39 Å². The Balaban J connectivity index is 5.74. The van der Waals surface area contributed by atoms with Gasteiger partial charge in [-0.3, -0.25) is 0 Å². The number of halogens is 10. The molecule has 96 valence electrons. The lowest BCUT2D eigenvalue weighted by atomic mass is 9.96. The number of hydrogen-bond acceptors (Lipinski definition) is 0. The van der Waals surface area contributed by atoms with E-state index in [2.05, 4.69) is 0 Å². The Bertz CT molecular complexity index is 275. The molecule has 0 heterocycles. The van der Waals surface area contributed by atoms with Crippen molar-refractivity contribution in [3.63, 3.8) is 0 Å². The van der Waals surface area contributed by atoms with E-state index < -0.39 is 30.0 Å². The molecule has 0 rings (SSSR count). The third kappa shape index (κ3) is 2.40. The average molecular weight is 372 g/mol. The summed E-state index contributed by atoms with van der Waals surface area (Å²) < 4.78 is 108. The number of alkyl halides is 9. The van der Waals surface area contributed by atoms with Crippen molar-refractivity contribution in [3.05, 3.63) is 10.2 Å². The zero-order chi connectivity index (χ0) is 13.4. The maximum absolute atomic E-state index is 12.9. The largest absolute Gasteiger partial charge is 0.457 e. The quantitative estimate of drug-likeness (QED) is 0.498. The van der Waals surface area contributed by atoms with Gasteiger partial charge >= 0.3 is 18.3 Å². The van der Waals surface area contributed by atoms with Crippen LogP contribution in [0.5, 0.6) is 0 Å². The first-order valence-corrected chi connectivity index (χ1v) is 4.54. The summed E-state index contributed by atoms with van der Waals surface area (Å²) in [6, 6.07) is 0. The molecule has 0 radical (unpaired) electrons. The van der Waals surface area contributed by atoms with E-state index in [0.29, 0.717) is 0 Å². The first-order chi connectivity index (χ1) is 6.81. The summed E-state index contributed by atoms with van der Waals surface area (Å²) in [4.78, 5) is 0. The van der Waals surface area contributed by atoms with Crippen LogP contribution in [0.25, 0.3) is 0 Å². The lowest BCUT2D eigenvalue weighted by molar-refractivity contribution is -0.369. The SMILES string of the molecule is FC(F)(F)C(F)(F)C(F)(C=CI)C(F)(F)F. The Hall–Kier alpha value is -0.160. The second-order valence-electron chi connectivity index (χ2n) is 2.57. The highest BCUT2D eigenvalue weighted by Crippen LogP contribution is 2.53. The summed E-state index contributed by atoms with van der Waals surface area (Å²) >= 11 is 0.900. The second-order valence-corrected chi connectivity index (χ2v) is 3.29. The lowest BCUT2D eigenvalue weighted by Gasteiger charge is -2.33. The molecule has 0 fully saturated rings. The minimum Gasteiger partial charge on any atom is -0.222 e. The number of rotatable bonds is 2. The van der Waals surface area contributed by atoms with Crippen LogP contribution in [0.4, 0.5) is 39.5 Å². The van der Waals surface area contributed by atoms with Crippen LogP contribution in [0.3, 0.4) is 0 Å². The Labute approximate surface area is 96.6 Å². The van der Waals surface area contributed by atoms with E-state index in [-0.39, 0.29) is 4.08 Å². The Morgan fingerprint density at radius 1 is 0.688 bits per heavy atom. The van der Waals surface area contributed by atoms with Crippen LogP contribution in [0.15, 0.2) is 10.2 Å². The van der Waals surface area contributed by atoms with Crippen LogP contribution in [-0.2, 0) is 0 Å². The van der Waals surface area contributed by atoms with E-state index in [4.69, 9.17) is 0 Å². The molecule has 0 aromatic carbocycles. The Kier molecular flexibility index (Phi) is 4.21. The molecule has 0 aliphatic rings. The summed E-state index contributed by atoms with van der Waals surface area (Å²) in [5, 5.41) is 0. The van der Waals surface area contributed by atoms with Crippen LogP contribution in [0.2, 0.25) is 0 Å². The van der Waals surface area contributed by atoms with Crippen molar-refractivity contribution in [1.82, 2.24) is 0 Å². The van der Waals surface area contributed by atoms with Crippen LogP contribution in [0.1, 0.15) is 0 Å². The van der Waals surface area contributed by atoms with Gasteiger partial charge in [-0.15, -0.1) is 0 Å². The highest BCUT2D eigenvalue weighted by Gasteiger charge is 2.80. The molecular weight excluding hydrogens is 370 g/mol. The minimum absolute atomic E-state index is 0.102. The van der Waals surface area contributed by atoms with E-state index in [9.17, 15) is 39.5 Å². The zero-order valence-electron chi connectivity index (χ0n) is 6.93. The molecule has 16 heavy (non-hydrogen) atoms. The fourth-order valence-corrected chi connectivity index (χ4v) is 1.17. The maximum Gasteiger partial charge on any atom is 0.457 e. The smallest absolute Gasteiger partial charge is 0.222 e. The number of allylic oxidation sites excluding steroid dienone is 1. The topological polar surface area (TPSA) is 0 Å². The highest BCUT2D eigenvalue weighted by atomic mass is 127. The molecule has 10 heteroatoms. The van der Waals surface area contributed by atoms with E-state index in [1.807, 2.05) is 0 Å². The Morgan fingerprint density at radius 3 is 1.25 bits per heavy atom. The molecule has 0 N–H and O–H groups in total. The lowest BCUT2D eigenvalue weighted by Crippen LogP contribution is -2.60. The van der Waals surface area contributed by atoms with Crippen molar-refractivity contribution in [2.45, 2.75) is 23.9 Å². The van der Waals surface area contributed by atoms with Gasteiger partial charge in [0.25, 0.3) is 5.67 Å². The van der Waals surface area contributed by atoms with Crippen molar-refractivity contribution in [3.8, 4) is 0 Å². The van der Waals surface area contributed by atoms with Gasteiger partial charge in [-0.2, -0.15) is 35.1 Å². The zero-order valence-corrected chi connectivity index (χ0v) is 9.09. The summed E-state index contributed by atoms with van der Waals surface area (Å²) in [6.45, 7) is 0. The molecule has 0 spiro atoms. The molecule has 1 unspecified atom stereocenters. The van der Waals surface area contributed by atoms with Gasteiger partial charge in [0.15, 0.2) is 0 Å². The normalized spacial score (nSPS) is 18.9. The van der Waals surface area contributed by atoms with Gasteiger partial charge in [-0.05, 0) is 10.2 Å². The molecule has 0 bridgehead atoms. The van der Waals surface area contributed by atoms with Gasteiger partial charge in [-0.1, -0.05) is 22.6 Å². The highest BCUT2D eigenvalue weighted by molar-refractivity contribution is 14.1. The fourth-order valence-electron chi connectivity index (χ4n) is 0.670. The Morgan fingerprint density at radius 2 is 1.06 bits per heavy atom. The number of hydrogen-bond donors (Lipinski definition) is 0. The summed E-state index contributed by atoms with van der Waals surface area (Å²) in [5.41, 5.74) is -5.78. The maximum atomic E-state index is 12.9. The van der Waals surface area contributed by atoms with Crippen molar-refractivity contribution >= 4 is 22.6 Å². The van der Waals surface area contributed by atoms with Crippen molar-refractivity contribution in [2.24, 2.45) is 0 Å². The molecule has 0 amide bonds. The van der Waals surface area contributed by atoms with Crippen molar-refractivity contribution in [1.29, 1.82) is 0 Å². The van der Waals surface area contributed by atoms with E-state index in [1.54, 1.807) is 0 Å². The summed E-state index contributed by atoms with van der Waals surface area (Å²) in [5.74, 6) is -6.56. The van der Waals surface area contributed by atoms with Gasteiger partial charge in [0.2, 0.25) is 0 Å². The molecule has 0 aromatic rings. The monoisotopic (exact) mass is 372 g/mol.